The summed E-state index contributed by atoms with van der Waals surface area (Å²) in [4.78, 5) is 49.9. The summed E-state index contributed by atoms with van der Waals surface area (Å²) < 4.78 is 0. The van der Waals surface area contributed by atoms with Crippen LogP contribution < -0.4 is 10.9 Å². The molecule has 1 atom stereocenters. The summed E-state index contributed by atoms with van der Waals surface area (Å²) in [6.45, 7) is 1.42. The molecule has 2 N–H and O–H groups in total. The molecule has 0 saturated carbocycles. The molecule has 2 heterocycles. The van der Waals surface area contributed by atoms with E-state index in [9.17, 15) is 19.2 Å². The second-order valence-electron chi connectivity index (χ2n) is 5.12. The van der Waals surface area contributed by atoms with Crippen LogP contribution in [0.4, 0.5) is 0 Å². The first kappa shape index (κ1) is 15.9. The molecule has 1 aliphatic heterocycles. The maximum absolute atomic E-state index is 12.3. The van der Waals surface area contributed by atoms with Crippen molar-refractivity contribution in [1.82, 2.24) is 15.8 Å². The number of thiophene rings is 1. The number of carbonyl (C=O) groups excluding carboxylic acids is 4. The van der Waals surface area contributed by atoms with Crippen molar-refractivity contribution in [2.24, 2.45) is 0 Å². The molecule has 7 nitrogen and oxygen atoms in total. The SMILES string of the molecule is CC(C(=O)NNC(=O)c1cccs1)N1C(=O)c2ccccc2C1=O. The molecule has 0 fully saturated rings. The molecule has 0 spiro atoms. The number of fused-ring (bicyclic) bond motifs is 1. The predicted molar refractivity (Wildman–Crippen MR) is 86.3 cm³/mol. The van der Waals surface area contributed by atoms with Crippen LogP contribution in [0.2, 0.25) is 0 Å². The second-order valence-corrected chi connectivity index (χ2v) is 6.07. The predicted octanol–water partition coefficient (Wildman–Crippen LogP) is 1.19. The molecule has 2 aromatic rings. The van der Waals surface area contributed by atoms with E-state index in [4.69, 9.17) is 0 Å². The lowest BCUT2D eigenvalue weighted by molar-refractivity contribution is -0.125. The van der Waals surface area contributed by atoms with Crippen molar-refractivity contribution in [3.8, 4) is 0 Å². The number of rotatable bonds is 3. The highest BCUT2D eigenvalue weighted by Gasteiger charge is 2.40. The van der Waals surface area contributed by atoms with E-state index in [0.717, 1.165) is 4.90 Å². The van der Waals surface area contributed by atoms with E-state index in [1.165, 1.54) is 18.3 Å². The Morgan fingerprint density at radius 2 is 1.62 bits per heavy atom. The Morgan fingerprint density at radius 1 is 1.00 bits per heavy atom. The summed E-state index contributed by atoms with van der Waals surface area (Å²) in [5, 5.41) is 1.73. The molecule has 0 bridgehead atoms. The second kappa shape index (κ2) is 6.25. The fourth-order valence-electron chi connectivity index (χ4n) is 2.37. The average molecular weight is 343 g/mol. The van der Waals surface area contributed by atoms with Crippen molar-refractivity contribution >= 4 is 35.0 Å². The Hall–Kier alpha value is -3.00. The zero-order valence-corrected chi connectivity index (χ0v) is 13.4. The number of hydrogen-bond acceptors (Lipinski definition) is 5. The van der Waals surface area contributed by atoms with Gasteiger partial charge >= 0.3 is 0 Å². The van der Waals surface area contributed by atoms with Crippen LogP contribution in [-0.4, -0.2) is 34.6 Å². The van der Waals surface area contributed by atoms with Gasteiger partial charge in [-0.25, -0.2) is 0 Å². The molecule has 8 heteroatoms. The fourth-order valence-corrected chi connectivity index (χ4v) is 2.99. The van der Waals surface area contributed by atoms with Crippen LogP contribution in [0.1, 0.15) is 37.3 Å². The topological polar surface area (TPSA) is 95.6 Å². The third-order valence-electron chi connectivity index (χ3n) is 3.64. The van der Waals surface area contributed by atoms with Gasteiger partial charge in [-0.1, -0.05) is 18.2 Å². The third-order valence-corrected chi connectivity index (χ3v) is 4.51. The van der Waals surface area contributed by atoms with Crippen molar-refractivity contribution < 1.29 is 19.2 Å². The minimum absolute atomic E-state index is 0.268. The lowest BCUT2D eigenvalue weighted by atomic mass is 10.1. The molecule has 1 unspecified atom stereocenters. The van der Waals surface area contributed by atoms with Gasteiger partial charge < -0.3 is 0 Å². The minimum atomic E-state index is -1.05. The Labute approximate surface area is 141 Å². The molecule has 0 radical (unpaired) electrons. The molecular weight excluding hydrogens is 330 g/mol. The smallest absolute Gasteiger partial charge is 0.271 e. The van der Waals surface area contributed by atoms with Crippen LogP contribution >= 0.6 is 11.3 Å². The maximum Gasteiger partial charge on any atom is 0.279 e. The normalized spacial score (nSPS) is 14.3. The van der Waals surface area contributed by atoms with Crippen LogP contribution in [0.3, 0.4) is 0 Å². The summed E-state index contributed by atoms with van der Waals surface area (Å²) in [5.41, 5.74) is 5.04. The Morgan fingerprint density at radius 3 is 2.17 bits per heavy atom. The number of hydrogen-bond donors (Lipinski definition) is 2. The van der Waals surface area contributed by atoms with Crippen molar-refractivity contribution in [2.45, 2.75) is 13.0 Å². The van der Waals surface area contributed by atoms with Gasteiger partial charge in [-0.15, -0.1) is 11.3 Å². The molecule has 1 aliphatic rings. The van der Waals surface area contributed by atoms with Crippen molar-refractivity contribution in [3.05, 3.63) is 57.8 Å². The highest BCUT2D eigenvalue weighted by molar-refractivity contribution is 7.12. The minimum Gasteiger partial charge on any atom is -0.271 e. The van der Waals surface area contributed by atoms with Crippen molar-refractivity contribution in [3.63, 3.8) is 0 Å². The van der Waals surface area contributed by atoms with Crippen LogP contribution in [0.5, 0.6) is 0 Å². The summed E-state index contributed by atoms with van der Waals surface area (Å²) in [6.07, 6.45) is 0. The van der Waals surface area contributed by atoms with E-state index in [-0.39, 0.29) is 11.1 Å². The zero-order chi connectivity index (χ0) is 17.3. The fraction of sp³-hybridized carbons (Fsp3) is 0.125. The van der Waals surface area contributed by atoms with Crippen LogP contribution in [0, 0.1) is 0 Å². The quantitative estimate of drug-likeness (QED) is 0.646. The van der Waals surface area contributed by atoms with E-state index < -0.39 is 29.7 Å². The van der Waals surface area contributed by atoms with Crippen molar-refractivity contribution in [1.29, 1.82) is 0 Å². The summed E-state index contributed by atoms with van der Waals surface area (Å²) in [6, 6.07) is 8.65. The highest BCUT2D eigenvalue weighted by Crippen LogP contribution is 2.24. The van der Waals surface area contributed by atoms with E-state index in [1.54, 1.807) is 41.8 Å². The van der Waals surface area contributed by atoms with Gasteiger partial charge in [0.15, 0.2) is 0 Å². The van der Waals surface area contributed by atoms with Gasteiger partial charge in [-0.3, -0.25) is 34.9 Å². The van der Waals surface area contributed by atoms with Crippen LogP contribution in [0.15, 0.2) is 41.8 Å². The molecule has 0 aliphatic carbocycles. The number of hydrazine groups is 1. The molecule has 4 amide bonds. The zero-order valence-electron chi connectivity index (χ0n) is 12.6. The van der Waals surface area contributed by atoms with E-state index >= 15 is 0 Å². The van der Waals surface area contributed by atoms with E-state index in [1.807, 2.05) is 0 Å². The van der Waals surface area contributed by atoms with Gasteiger partial charge in [-0.05, 0) is 30.5 Å². The Kier molecular flexibility index (Phi) is 4.13. The summed E-state index contributed by atoms with van der Waals surface area (Å²) in [7, 11) is 0. The third kappa shape index (κ3) is 2.67. The average Bonchev–Trinajstić information content (AvgIpc) is 3.20. The molecule has 3 rings (SSSR count). The number of amides is 4. The molecule has 1 aromatic heterocycles. The largest absolute Gasteiger partial charge is 0.279 e. The number of nitrogens with one attached hydrogen (secondary N) is 2. The Balaban J connectivity index is 1.67. The molecule has 24 heavy (non-hydrogen) atoms. The van der Waals surface area contributed by atoms with Gasteiger partial charge in [0.1, 0.15) is 6.04 Å². The molecule has 0 saturated heterocycles. The van der Waals surface area contributed by atoms with Crippen molar-refractivity contribution in [2.75, 3.05) is 0 Å². The molecule has 122 valence electrons. The lowest BCUT2D eigenvalue weighted by Gasteiger charge is -2.21. The van der Waals surface area contributed by atoms with E-state index in [0.29, 0.717) is 4.88 Å². The number of benzene rings is 1. The van der Waals surface area contributed by atoms with Gasteiger partial charge in [-0.2, -0.15) is 0 Å². The standard InChI is InChI=1S/C16H13N3O4S/c1-9(13(20)17-18-14(21)12-7-4-8-24-12)19-15(22)10-5-2-3-6-11(10)16(19)23/h2-9H,1H3,(H,17,20)(H,18,21). The van der Waals surface area contributed by atoms with Gasteiger partial charge in [0.05, 0.1) is 16.0 Å². The van der Waals surface area contributed by atoms with E-state index in [2.05, 4.69) is 10.9 Å². The van der Waals surface area contributed by atoms with Gasteiger partial charge in [0.2, 0.25) is 0 Å². The monoisotopic (exact) mass is 343 g/mol. The first-order valence-corrected chi connectivity index (χ1v) is 7.99. The van der Waals surface area contributed by atoms with Gasteiger partial charge in [0, 0.05) is 0 Å². The first-order valence-electron chi connectivity index (χ1n) is 7.11. The van der Waals surface area contributed by atoms with Crippen LogP contribution in [0.25, 0.3) is 0 Å². The number of imide groups is 1. The number of nitrogens with zero attached hydrogens (tertiary/aromatic N) is 1. The lowest BCUT2D eigenvalue weighted by Crippen LogP contribution is -2.52. The highest BCUT2D eigenvalue weighted by atomic mass is 32.1. The molecule has 1 aromatic carbocycles. The molecular formula is C16H13N3O4S. The van der Waals surface area contributed by atoms with Gasteiger partial charge in [0.25, 0.3) is 23.6 Å². The summed E-state index contributed by atoms with van der Waals surface area (Å²) in [5.74, 6) is -2.17. The first-order chi connectivity index (χ1) is 11.5. The Bertz CT molecular complexity index is 797. The van der Waals surface area contributed by atoms with Crippen LogP contribution in [-0.2, 0) is 4.79 Å². The number of carbonyl (C=O) groups is 4. The maximum atomic E-state index is 12.3. The summed E-state index contributed by atoms with van der Waals surface area (Å²) >= 11 is 1.23.